The van der Waals surface area contributed by atoms with Crippen molar-refractivity contribution < 1.29 is 19.0 Å². The molecule has 5 heteroatoms. The zero-order valence-electron chi connectivity index (χ0n) is 14.0. The number of benzene rings is 1. The van der Waals surface area contributed by atoms with Gasteiger partial charge >= 0.3 is 0 Å². The maximum Gasteiger partial charge on any atom is 0.231 e. The molecule has 1 aromatic carbocycles. The van der Waals surface area contributed by atoms with E-state index in [0.717, 1.165) is 31.2 Å². The summed E-state index contributed by atoms with van der Waals surface area (Å²) in [6, 6.07) is 6.55. The summed E-state index contributed by atoms with van der Waals surface area (Å²) in [6.45, 7) is 1.26. The summed E-state index contributed by atoms with van der Waals surface area (Å²) in [7, 11) is 0. The molecular formula is C19H26FNO3. The monoisotopic (exact) mass is 335 g/mol. The number of rotatable bonds is 4. The minimum atomic E-state index is -0.700. The number of hydrogen-bond donors (Lipinski definition) is 2. The second kappa shape index (κ2) is 7.62. The van der Waals surface area contributed by atoms with Crippen LogP contribution in [0, 0.1) is 11.7 Å². The Kier molecular flexibility index (Phi) is 5.51. The maximum absolute atomic E-state index is 13.7. The minimum Gasteiger partial charge on any atom is -0.396 e. The van der Waals surface area contributed by atoms with E-state index in [0.29, 0.717) is 32.0 Å². The third-order valence-electron chi connectivity index (χ3n) is 5.60. The predicted molar refractivity (Wildman–Crippen MR) is 89.1 cm³/mol. The Balaban J connectivity index is 1.75. The lowest BCUT2D eigenvalue weighted by molar-refractivity contribution is -0.131. The number of amides is 1. The first kappa shape index (κ1) is 17.4. The number of hydrogen-bond acceptors (Lipinski definition) is 3. The summed E-state index contributed by atoms with van der Waals surface area (Å²) in [5.41, 5.74) is 0.0427. The zero-order valence-corrected chi connectivity index (χ0v) is 14.0. The molecule has 0 aromatic heterocycles. The lowest BCUT2D eigenvalue weighted by atomic mass is 9.73. The number of carbonyl (C=O) groups is 1. The second-order valence-electron chi connectivity index (χ2n) is 7.08. The summed E-state index contributed by atoms with van der Waals surface area (Å²) in [5, 5.41) is 12.4. The molecule has 0 bridgehead atoms. The molecular weight excluding hydrogens is 309 g/mol. The number of carbonyl (C=O) groups excluding carboxylic acids is 1. The van der Waals surface area contributed by atoms with Crippen molar-refractivity contribution in [2.45, 2.75) is 50.0 Å². The molecule has 3 rings (SSSR count). The smallest absolute Gasteiger partial charge is 0.231 e. The van der Waals surface area contributed by atoms with E-state index in [1.165, 1.54) is 12.1 Å². The number of halogens is 1. The van der Waals surface area contributed by atoms with Gasteiger partial charge < -0.3 is 15.2 Å². The van der Waals surface area contributed by atoms with E-state index < -0.39 is 5.41 Å². The standard InChI is InChI=1S/C19H26FNO3/c20-16-3-1-2-15(12-16)19(8-10-24-11-9-19)18(23)21-17-6-4-14(13-22)5-7-17/h1-3,12,14,17,22H,4-11,13H2,(H,21,23). The van der Waals surface area contributed by atoms with Gasteiger partial charge in [0.1, 0.15) is 5.82 Å². The van der Waals surface area contributed by atoms with Crippen LogP contribution >= 0.6 is 0 Å². The summed E-state index contributed by atoms with van der Waals surface area (Å²) in [6.07, 6.45) is 4.83. The first-order valence-corrected chi connectivity index (χ1v) is 8.90. The van der Waals surface area contributed by atoms with Crippen molar-refractivity contribution in [1.82, 2.24) is 5.32 Å². The van der Waals surface area contributed by atoms with E-state index in [-0.39, 0.29) is 24.4 Å². The SMILES string of the molecule is O=C(NC1CCC(CO)CC1)C1(c2cccc(F)c2)CCOCC1. The summed E-state index contributed by atoms with van der Waals surface area (Å²) < 4.78 is 19.2. The van der Waals surface area contributed by atoms with Crippen LogP contribution in [0.3, 0.4) is 0 Å². The molecule has 1 heterocycles. The van der Waals surface area contributed by atoms with Crippen molar-refractivity contribution in [2.75, 3.05) is 19.8 Å². The minimum absolute atomic E-state index is 0.0103. The van der Waals surface area contributed by atoms with Crippen LogP contribution in [0.1, 0.15) is 44.1 Å². The quantitative estimate of drug-likeness (QED) is 0.889. The van der Waals surface area contributed by atoms with Crippen LogP contribution in [0.4, 0.5) is 4.39 Å². The van der Waals surface area contributed by atoms with Crippen molar-refractivity contribution >= 4 is 5.91 Å². The van der Waals surface area contributed by atoms with E-state index in [4.69, 9.17) is 4.74 Å². The van der Waals surface area contributed by atoms with E-state index in [2.05, 4.69) is 5.32 Å². The molecule has 0 unspecified atom stereocenters. The number of ether oxygens (including phenoxy) is 1. The number of aliphatic hydroxyl groups excluding tert-OH is 1. The molecule has 1 saturated carbocycles. The first-order valence-electron chi connectivity index (χ1n) is 8.90. The molecule has 1 amide bonds. The van der Waals surface area contributed by atoms with Crippen molar-refractivity contribution in [1.29, 1.82) is 0 Å². The number of nitrogens with one attached hydrogen (secondary N) is 1. The molecule has 132 valence electrons. The van der Waals surface area contributed by atoms with Gasteiger partial charge in [0.05, 0.1) is 5.41 Å². The highest BCUT2D eigenvalue weighted by molar-refractivity contribution is 5.88. The Morgan fingerprint density at radius 3 is 2.58 bits per heavy atom. The van der Waals surface area contributed by atoms with E-state index >= 15 is 0 Å². The Morgan fingerprint density at radius 1 is 1.25 bits per heavy atom. The average molecular weight is 335 g/mol. The van der Waals surface area contributed by atoms with Crippen molar-refractivity contribution in [3.63, 3.8) is 0 Å². The van der Waals surface area contributed by atoms with Gasteiger partial charge in [-0.1, -0.05) is 12.1 Å². The Hall–Kier alpha value is -1.46. The Morgan fingerprint density at radius 2 is 1.96 bits per heavy atom. The van der Waals surface area contributed by atoms with Crippen LogP contribution in [-0.2, 0) is 14.9 Å². The van der Waals surface area contributed by atoms with Gasteiger partial charge in [0.2, 0.25) is 5.91 Å². The molecule has 1 aliphatic carbocycles. The van der Waals surface area contributed by atoms with Crippen LogP contribution in [0.5, 0.6) is 0 Å². The van der Waals surface area contributed by atoms with Gasteiger partial charge in [0.25, 0.3) is 0 Å². The van der Waals surface area contributed by atoms with Crippen LogP contribution in [-0.4, -0.2) is 36.9 Å². The van der Waals surface area contributed by atoms with Crippen molar-refractivity contribution in [3.8, 4) is 0 Å². The lowest BCUT2D eigenvalue weighted by Crippen LogP contribution is -2.51. The summed E-state index contributed by atoms with van der Waals surface area (Å²) in [5.74, 6) is 0.0388. The van der Waals surface area contributed by atoms with Crippen LogP contribution < -0.4 is 5.32 Å². The fourth-order valence-electron chi connectivity index (χ4n) is 3.97. The van der Waals surface area contributed by atoms with Crippen molar-refractivity contribution in [2.24, 2.45) is 5.92 Å². The maximum atomic E-state index is 13.7. The molecule has 2 aliphatic rings. The fraction of sp³-hybridized carbons (Fsp3) is 0.632. The van der Waals surface area contributed by atoms with Gasteiger partial charge in [0.15, 0.2) is 0 Å². The van der Waals surface area contributed by atoms with E-state index in [1.807, 2.05) is 6.07 Å². The van der Waals surface area contributed by atoms with E-state index in [1.54, 1.807) is 6.07 Å². The highest BCUT2D eigenvalue weighted by Gasteiger charge is 2.42. The van der Waals surface area contributed by atoms with Gasteiger partial charge in [0, 0.05) is 25.9 Å². The third kappa shape index (κ3) is 3.62. The van der Waals surface area contributed by atoms with E-state index in [9.17, 15) is 14.3 Å². The summed E-state index contributed by atoms with van der Waals surface area (Å²) >= 11 is 0. The molecule has 0 atom stereocenters. The first-order chi connectivity index (χ1) is 11.6. The molecule has 2 N–H and O–H groups in total. The Bertz CT molecular complexity index is 563. The normalized spacial score (nSPS) is 26.8. The Labute approximate surface area is 142 Å². The largest absolute Gasteiger partial charge is 0.396 e. The average Bonchev–Trinajstić information content (AvgIpc) is 2.63. The molecule has 0 radical (unpaired) electrons. The van der Waals surface area contributed by atoms with Crippen molar-refractivity contribution in [3.05, 3.63) is 35.6 Å². The highest BCUT2D eigenvalue weighted by Crippen LogP contribution is 2.36. The highest BCUT2D eigenvalue weighted by atomic mass is 19.1. The molecule has 1 saturated heterocycles. The molecule has 4 nitrogen and oxygen atoms in total. The second-order valence-corrected chi connectivity index (χ2v) is 7.08. The van der Waals surface area contributed by atoms with Crippen LogP contribution in [0.15, 0.2) is 24.3 Å². The molecule has 1 aliphatic heterocycles. The van der Waals surface area contributed by atoms with Crippen LogP contribution in [0.2, 0.25) is 0 Å². The van der Waals surface area contributed by atoms with Gasteiger partial charge in [-0.3, -0.25) is 4.79 Å². The fourth-order valence-corrected chi connectivity index (χ4v) is 3.97. The zero-order chi connectivity index (χ0) is 17.0. The topological polar surface area (TPSA) is 58.6 Å². The van der Waals surface area contributed by atoms with Gasteiger partial charge in [-0.05, 0) is 62.1 Å². The van der Waals surface area contributed by atoms with Crippen LogP contribution in [0.25, 0.3) is 0 Å². The molecule has 1 aromatic rings. The molecule has 0 spiro atoms. The lowest BCUT2D eigenvalue weighted by Gasteiger charge is -2.38. The summed E-state index contributed by atoms with van der Waals surface area (Å²) in [4.78, 5) is 13.1. The molecule has 24 heavy (non-hydrogen) atoms. The number of aliphatic hydroxyl groups is 1. The third-order valence-corrected chi connectivity index (χ3v) is 5.60. The van der Waals surface area contributed by atoms with Gasteiger partial charge in [-0.15, -0.1) is 0 Å². The van der Waals surface area contributed by atoms with Gasteiger partial charge in [-0.25, -0.2) is 4.39 Å². The van der Waals surface area contributed by atoms with Gasteiger partial charge in [-0.2, -0.15) is 0 Å². The predicted octanol–water partition coefficient (Wildman–Crippen LogP) is 2.54. The molecule has 2 fully saturated rings.